The van der Waals surface area contributed by atoms with E-state index in [9.17, 15) is 4.79 Å². The van der Waals surface area contributed by atoms with E-state index < -0.39 is 0 Å². The highest BCUT2D eigenvalue weighted by molar-refractivity contribution is 5.94. The third-order valence-electron chi connectivity index (χ3n) is 5.10. The van der Waals surface area contributed by atoms with E-state index in [1.807, 2.05) is 37.3 Å². The topological polar surface area (TPSA) is 74.8 Å². The lowest BCUT2D eigenvalue weighted by atomic mass is 9.90. The molecular weight excluding hydrogens is 376 g/mol. The van der Waals surface area contributed by atoms with E-state index in [0.717, 1.165) is 36.8 Å². The maximum absolute atomic E-state index is 12.1. The number of aliphatic imine (C=N–C) groups is 1. The Morgan fingerprint density at radius 2 is 1.87 bits per heavy atom. The highest BCUT2D eigenvalue weighted by Crippen LogP contribution is 2.31. The number of nitrogens with zero attached hydrogens (tertiary/aromatic N) is 1. The molecule has 0 saturated carbocycles. The highest BCUT2D eigenvalue weighted by atomic mass is 16.5. The van der Waals surface area contributed by atoms with Gasteiger partial charge in [-0.25, -0.2) is 4.99 Å². The van der Waals surface area contributed by atoms with Gasteiger partial charge in [-0.15, -0.1) is 0 Å². The van der Waals surface area contributed by atoms with Crippen molar-refractivity contribution in [3.8, 4) is 0 Å². The van der Waals surface area contributed by atoms with Crippen molar-refractivity contribution >= 4 is 17.6 Å². The quantitative estimate of drug-likeness (QED) is 0.335. The second-order valence-electron chi connectivity index (χ2n) is 7.43. The normalized spacial score (nSPS) is 16.0. The molecule has 1 amide bonds. The number of ether oxygens (including phenoxy) is 1. The summed E-state index contributed by atoms with van der Waals surface area (Å²) in [6.07, 6.45) is 1.48. The third-order valence-corrected chi connectivity index (χ3v) is 5.10. The summed E-state index contributed by atoms with van der Waals surface area (Å²) in [6, 6.07) is 16.3. The number of para-hydroxylation sites is 1. The Morgan fingerprint density at radius 3 is 2.67 bits per heavy atom. The van der Waals surface area contributed by atoms with Crippen molar-refractivity contribution in [2.24, 2.45) is 4.99 Å². The zero-order valence-corrected chi connectivity index (χ0v) is 17.9. The number of hydrogen-bond acceptors (Lipinski definition) is 3. The zero-order valence-electron chi connectivity index (χ0n) is 17.9. The summed E-state index contributed by atoms with van der Waals surface area (Å²) in [5.41, 5.74) is 4.40. The van der Waals surface area contributed by atoms with Gasteiger partial charge in [-0.05, 0) is 36.1 Å². The molecule has 0 saturated heterocycles. The van der Waals surface area contributed by atoms with Crippen molar-refractivity contribution in [1.82, 2.24) is 10.6 Å². The van der Waals surface area contributed by atoms with Crippen LogP contribution in [0.25, 0.3) is 0 Å². The Morgan fingerprint density at radius 1 is 1.10 bits per heavy atom. The number of carbonyl (C=O) groups excluding carboxylic acids is 1. The van der Waals surface area contributed by atoms with Crippen LogP contribution in [0.3, 0.4) is 0 Å². The van der Waals surface area contributed by atoms with Crippen molar-refractivity contribution in [3.05, 3.63) is 65.2 Å². The van der Waals surface area contributed by atoms with Gasteiger partial charge in [0, 0.05) is 37.7 Å². The first-order valence-corrected chi connectivity index (χ1v) is 10.8. The van der Waals surface area contributed by atoms with Gasteiger partial charge >= 0.3 is 0 Å². The highest BCUT2D eigenvalue weighted by Gasteiger charge is 2.24. The fourth-order valence-corrected chi connectivity index (χ4v) is 3.59. The Bertz CT molecular complexity index is 866. The van der Waals surface area contributed by atoms with Gasteiger partial charge in [-0.1, -0.05) is 49.4 Å². The van der Waals surface area contributed by atoms with E-state index in [0.29, 0.717) is 26.1 Å². The minimum atomic E-state index is 0.0587. The van der Waals surface area contributed by atoms with Gasteiger partial charge in [0.05, 0.1) is 13.2 Å². The lowest BCUT2D eigenvalue weighted by molar-refractivity contribution is -0.116. The summed E-state index contributed by atoms with van der Waals surface area (Å²) >= 11 is 0. The molecule has 1 unspecified atom stereocenters. The number of hydrogen-bond donors (Lipinski definition) is 3. The van der Waals surface area contributed by atoms with Crippen LogP contribution in [0.2, 0.25) is 0 Å². The van der Waals surface area contributed by atoms with Crippen LogP contribution in [-0.4, -0.2) is 31.6 Å². The summed E-state index contributed by atoms with van der Waals surface area (Å²) < 4.78 is 5.72. The van der Waals surface area contributed by atoms with Gasteiger partial charge in [-0.3, -0.25) is 4.79 Å². The Kier molecular flexibility index (Phi) is 8.27. The van der Waals surface area contributed by atoms with Gasteiger partial charge in [0.2, 0.25) is 5.91 Å². The number of amides is 1. The Balaban J connectivity index is 1.65. The van der Waals surface area contributed by atoms with Crippen LogP contribution in [-0.2, 0) is 22.7 Å². The molecule has 0 radical (unpaired) electrons. The van der Waals surface area contributed by atoms with Gasteiger partial charge in [0.15, 0.2) is 5.96 Å². The third kappa shape index (κ3) is 6.07. The van der Waals surface area contributed by atoms with Gasteiger partial charge in [0.1, 0.15) is 0 Å². The molecule has 1 heterocycles. The predicted octanol–water partition coefficient (Wildman–Crippen LogP) is 3.79. The molecule has 0 bridgehead atoms. The molecule has 30 heavy (non-hydrogen) atoms. The molecule has 160 valence electrons. The van der Waals surface area contributed by atoms with Crippen molar-refractivity contribution < 1.29 is 9.53 Å². The van der Waals surface area contributed by atoms with Crippen molar-refractivity contribution in [1.29, 1.82) is 0 Å². The second-order valence-corrected chi connectivity index (χ2v) is 7.43. The summed E-state index contributed by atoms with van der Waals surface area (Å²) in [6.45, 7) is 7.52. The lowest BCUT2D eigenvalue weighted by Crippen LogP contribution is -2.40. The maximum Gasteiger partial charge on any atom is 0.225 e. The van der Waals surface area contributed by atoms with E-state index in [-0.39, 0.29) is 11.8 Å². The Hall–Kier alpha value is -2.86. The molecule has 3 rings (SSSR count). The number of nitrogens with one attached hydrogen (secondary N) is 3. The Labute approximate surface area is 179 Å². The number of carbonyl (C=O) groups is 1. The standard InChI is InChI=1S/C24H32N4O2/c1-3-13-30-17-19-10-6-5-9-18(19)15-26-24(25-4-2)27-16-20-14-23(29)28-22-12-8-7-11-21(20)22/h5-12,20H,3-4,13-17H2,1-2H3,(H,28,29)(H2,25,26,27). The molecule has 0 fully saturated rings. The largest absolute Gasteiger partial charge is 0.377 e. The molecular formula is C24H32N4O2. The van der Waals surface area contributed by atoms with E-state index in [4.69, 9.17) is 9.73 Å². The van der Waals surface area contributed by atoms with E-state index in [1.54, 1.807) is 0 Å². The zero-order chi connectivity index (χ0) is 21.2. The monoisotopic (exact) mass is 408 g/mol. The summed E-state index contributed by atoms with van der Waals surface area (Å²) in [7, 11) is 0. The minimum Gasteiger partial charge on any atom is -0.377 e. The molecule has 3 N–H and O–H groups in total. The molecule has 6 heteroatoms. The molecule has 2 aromatic carbocycles. The van der Waals surface area contributed by atoms with Crippen LogP contribution in [0.1, 0.15) is 49.3 Å². The van der Waals surface area contributed by atoms with Crippen LogP contribution in [0.5, 0.6) is 0 Å². The van der Waals surface area contributed by atoms with Crippen LogP contribution < -0.4 is 16.0 Å². The fourth-order valence-electron chi connectivity index (χ4n) is 3.59. The molecule has 2 aromatic rings. The number of benzene rings is 2. The SMILES string of the molecule is CCCOCc1ccccc1CN=C(NCC)NCC1CC(=O)Nc2ccccc21. The molecule has 6 nitrogen and oxygen atoms in total. The first-order chi connectivity index (χ1) is 14.7. The van der Waals surface area contributed by atoms with Crippen LogP contribution >= 0.6 is 0 Å². The van der Waals surface area contributed by atoms with Crippen LogP contribution in [0, 0.1) is 0 Å². The van der Waals surface area contributed by atoms with E-state index in [1.165, 1.54) is 11.1 Å². The van der Waals surface area contributed by atoms with E-state index in [2.05, 4.69) is 41.1 Å². The number of rotatable bonds is 9. The van der Waals surface area contributed by atoms with Gasteiger partial charge in [0.25, 0.3) is 0 Å². The van der Waals surface area contributed by atoms with Crippen LogP contribution in [0.15, 0.2) is 53.5 Å². The van der Waals surface area contributed by atoms with Gasteiger partial charge in [-0.2, -0.15) is 0 Å². The van der Waals surface area contributed by atoms with Crippen molar-refractivity contribution in [2.75, 3.05) is 25.0 Å². The van der Waals surface area contributed by atoms with Crippen molar-refractivity contribution in [2.45, 2.75) is 45.8 Å². The first kappa shape index (κ1) is 21.8. The fraction of sp³-hybridized carbons (Fsp3) is 0.417. The summed E-state index contributed by atoms with van der Waals surface area (Å²) in [4.78, 5) is 16.8. The predicted molar refractivity (Wildman–Crippen MR) is 122 cm³/mol. The smallest absolute Gasteiger partial charge is 0.225 e. The molecule has 1 atom stereocenters. The molecule has 0 aliphatic carbocycles. The number of anilines is 1. The molecule has 1 aliphatic heterocycles. The minimum absolute atomic E-state index is 0.0587. The summed E-state index contributed by atoms with van der Waals surface area (Å²) in [5.74, 6) is 0.933. The second kappa shape index (κ2) is 11.4. The molecule has 1 aliphatic rings. The number of guanidine groups is 1. The number of fused-ring (bicyclic) bond motifs is 1. The average Bonchev–Trinajstić information content (AvgIpc) is 2.76. The summed E-state index contributed by atoms with van der Waals surface area (Å²) in [5, 5.41) is 9.68. The average molecular weight is 409 g/mol. The van der Waals surface area contributed by atoms with Crippen LogP contribution in [0.4, 0.5) is 5.69 Å². The van der Waals surface area contributed by atoms with Gasteiger partial charge < -0.3 is 20.7 Å². The first-order valence-electron chi connectivity index (χ1n) is 10.8. The maximum atomic E-state index is 12.1. The molecule has 0 aromatic heterocycles. The van der Waals surface area contributed by atoms with E-state index >= 15 is 0 Å². The molecule has 0 spiro atoms. The lowest BCUT2D eigenvalue weighted by Gasteiger charge is -2.26. The van der Waals surface area contributed by atoms with Crippen molar-refractivity contribution in [3.63, 3.8) is 0 Å².